The fourth-order valence-electron chi connectivity index (χ4n) is 4.12. The summed E-state index contributed by atoms with van der Waals surface area (Å²) in [6.07, 6.45) is 1.17. The minimum Gasteiger partial charge on any atom is -0.483 e. The van der Waals surface area contributed by atoms with Crippen LogP contribution in [0, 0.1) is 0 Å². The topological polar surface area (TPSA) is 58.6 Å². The van der Waals surface area contributed by atoms with Crippen LogP contribution in [0.5, 0.6) is 5.75 Å². The Balaban J connectivity index is 1.95. The molecule has 3 rings (SSSR count). The van der Waals surface area contributed by atoms with Gasteiger partial charge in [0.25, 0.3) is 5.91 Å². The van der Waals surface area contributed by atoms with Crippen molar-refractivity contribution in [3.05, 3.63) is 101 Å². The van der Waals surface area contributed by atoms with Crippen LogP contribution in [0.25, 0.3) is 0 Å². The minimum atomic E-state index is -0.732. The van der Waals surface area contributed by atoms with Gasteiger partial charge in [0.1, 0.15) is 11.8 Å². The zero-order valence-electron chi connectivity index (χ0n) is 22.1. The van der Waals surface area contributed by atoms with E-state index < -0.39 is 6.04 Å². The molecule has 1 N–H and O–H groups in total. The molecule has 0 spiro atoms. The Hall–Kier alpha value is -3.31. The Bertz CT molecular complexity index is 1170. The summed E-state index contributed by atoms with van der Waals surface area (Å²) in [7, 11) is 0. The van der Waals surface area contributed by atoms with E-state index in [0.29, 0.717) is 17.2 Å². The summed E-state index contributed by atoms with van der Waals surface area (Å²) in [4.78, 5) is 29.0. The molecule has 0 unspecified atom stereocenters. The van der Waals surface area contributed by atoms with Crippen molar-refractivity contribution in [1.29, 1.82) is 0 Å². The van der Waals surface area contributed by atoms with E-state index in [-0.39, 0.29) is 36.9 Å². The van der Waals surface area contributed by atoms with Crippen LogP contribution in [0.1, 0.15) is 56.7 Å². The highest BCUT2D eigenvalue weighted by Crippen LogP contribution is 2.26. The molecule has 0 aliphatic heterocycles. The summed E-state index contributed by atoms with van der Waals surface area (Å²) in [5.74, 6) is 0.449. The van der Waals surface area contributed by atoms with Gasteiger partial charge in [0.2, 0.25) is 5.91 Å². The molecule has 0 radical (unpaired) electrons. The first-order chi connectivity index (χ1) is 17.8. The molecular formula is C31H37ClN2O3. The van der Waals surface area contributed by atoms with Gasteiger partial charge in [0.05, 0.1) is 0 Å². The molecular weight excluding hydrogens is 484 g/mol. The van der Waals surface area contributed by atoms with E-state index in [4.69, 9.17) is 16.3 Å². The van der Waals surface area contributed by atoms with Crippen molar-refractivity contribution in [2.75, 3.05) is 6.61 Å². The van der Waals surface area contributed by atoms with Gasteiger partial charge in [-0.2, -0.15) is 0 Å². The molecule has 0 saturated carbocycles. The minimum absolute atomic E-state index is 0.0165. The maximum absolute atomic E-state index is 13.8. The van der Waals surface area contributed by atoms with Crippen LogP contribution in [-0.2, 0) is 22.6 Å². The smallest absolute Gasteiger partial charge is 0.261 e. The second-order valence-corrected chi connectivity index (χ2v) is 10.0. The number of carbonyl (C=O) groups excluding carboxylic acids is 2. The number of ether oxygens (including phenoxy) is 1. The van der Waals surface area contributed by atoms with Crippen molar-refractivity contribution in [1.82, 2.24) is 10.2 Å². The lowest BCUT2D eigenvalue weighted by Gasteiger charge is -2.32. The molecule has 0 aliphatic rings. The predicted molar refractivity (Wildman–Crippen MR) is 150 cm³/mol. The van der Waals surface area contributed by atoms with Crippen molar-refractivity contribution < 1.29 is 14.3 Å². The Morgan fingerprint density at radius 3 is 2.24 bits per heavy atom. The van der Waals surface area contributed by atoms with Gasteiger partial charge in [-0.1, -0.05) is 99.1 Å². The van der Waals surface area contributed by atoms with E-state index in [9.17, 15) is 9.59 Å². The SMILES string of the molecule is CC[C@H](C)NC(=O)[C@@H](Cc1ccccc1)N(Cc1ccccc1Cl)C(=O)COc1ccccc1C(C)C. The highest BCUT2D eigenvalue weighted by molar-refractivity contribution is 6.31. The average molecular weight is 521 g/mol. The number of hydrogen-bond acceptors (Lipinski definition) is 3. The van der Waals surface area contributed by atoms with Crippen molar-refractivity contribution in [3.63, 3.8) is 0 Å². The number of para-hydroxylation sites is 1. The van der Waals surface area contributed by atoms with Gasteiger partial charge in [-0.3, -0.25) is 9.59 Å². The molecule has 37 heavy (non-hydrogen) atoms. The van der Waals surface area contributed by atoms with Crippen molar-refractivity contribution in [2.45, 2.75) is 65.1 Å². The largest absolute Gasteiger partial charge is 0.483 e. The number of nitrogens with one attached hydrogen (secondary N) is 1. The summed E-state index contributed by atoms with van der Waals surface area (Å²) in [5, 5.41) is 3.63. The highest BCUT2D eigenvalue weighted by Gasteiger charge is 2.31. The normalized spacial score (nSPS) is 12.6. The molecule has 6 heteroatoms. The first kappa shape index (κ1) is 28.3. The second-order valence-electron chi connectivity index (χ2n) is 9.62. The average Bonchev–Trinajstić information content (AvgIpc) is 2.90. The van der Waals surface area contributed by atoms with Gasteiger partial charge in [-0.15, -0.1) is 0 Å². The van der Waals surface area contributed by atoms with Gasteiger partial charge in [0.15, 0.2) is 6.61 Å². The number of carbonyl (C=O) groups is 2. The van der Waals surface area contributed by atoms with E-state index in [1.165, 1.54) is 0 Å². The molecule has 0 bridgehead atoms. The first-order valence-electron chi connectivity index (χ1n) is 12.9. The number of hydrogen-bond donors (Lipinski definition) is 1. The lowest BCUT2D eigenvalue weighted by molar-refractivity contribution is -0.143. The molecule has 3 aromatic rings. The maximum atomic E-state index is 13.8. The predicted octanol–water partition coefficient (Wildman–Crippen LogP) is 6.40. The van der Waals surface area contributed by atoms with Crippen LogP contribution in [0.15, 0.2) is 78.9 Å². The number of nitrogens with zero attached hydrogens (tertiary/aromatic N) is 1. The van der Waals surface area contributed by atoms with E-state index in [1.54, 1.807) is 11.0 Å². The third kappa shape index (κ3) is 8.09. The summed E-state index contributed by atoms with van der Waals surface area (Å²) in [5.41, 5.74) is 2.77. The van der Waals surface area contributed by atoms with Gasteiger partial charge in [0, 0.05) is 24.0 Å². The summed E-state index contributed by atoms with van der Waals surface area (Å²) in [6, 6.07) is 24.1. The van der Waals surface area contributed by atoms with Crippen LogP contribution in [0.2, 0.25) is 5.02 Å². The molecule has 3 aromatic carbocycles. The molecule has 0 saturated heterocycles. The Morgan fingerprint density at radius 2 is 1.57 bits per heavy atom. The van der Waals surface area contributed by atoms with Crippen LogP contribution >= 0.6 is 11.6 Å². The molecule has 0 aromatic heterocycles. The molecule has 2 atom stereocenters. The van der Waals surface area contributed by atoms with Gasteiger partial charge in [-0.05, 0) is 48.1 Å². The third-order valence-corrected chi connectivity index (χ3v) is 6.83. The number of amides is 2. The van der Waals surface area contributed by atoms with Crippen molar-refractivity contribution in [3.8, 4) is 5.75 Å². The first-order valence-corrected chi connectivity index (χ1v) is 13.3. The summed E-state index contributed by atoms with van der Waals surface area (Å²) in [6.45, 7) is 8.16. The molecule has 0 fully saturated rings. The van der Waals surface area contributed by atoms with Gasteiger partial charge in [-0.25, -0.2) is 0 Å². The molecule has 0 aliphatic carbocycles. The van der Waals surface area contributed by atoms with Gasteiger partial charge >= 0.3 is 0 Å². The molecule has 2 amide bonds. The fraction of sp³-hybridized carbons (Fsp3) is 0.355. The van der Waals surface area contributed by atoms with E-state index in [1.807, 2.05) is 86.6 Å². The third-order valence-electron chi connectivity index (χ3n) is 6.46. The number of benzene rings is 3. The standard InChI is InChI=1S/C31H37ClN2O3/c1-5-23(4)33-31(36)28(19-24-13-7-6-8-14-24)34(20-25-15-9-11-17-27(25)32)30(35)21-37-29-18-12-10-16-26(29)22(2)3/h6-18,22-23,28H,5,19-21H2,1-4H3,(H,33,36)/t23-,28+/m0/s1. The van der Waals surface area contributed by atoms with Crippen molar-refractivity contribution in [2.24, 2.45) is 0 Å². The van der Waals surface area contributed by atoms with E-state index >= 15 is 0 Å². The Labute approximate surface area is 225 Å². The van der Waals surface area contributed by atoms with Crippen LogP contribution in [0.4, 0.5) is 0 Å². The molecule has 196 valence electrons. The highest BCUT2D eigenvalue weighted by atomic mass is 35.5. The van der Waals surface area contributed by atoms with E-state index in [0.717, 1.165) is 23.1 Å². The molecule has 0 heterocycles. The second kappa shape index (κ2) is 13.8. The van der Waals surface area contributed by atoms with Crippen LogP contribution in [0.3, 0.4) is 0 Å². The van der Waals surface area contributed by atoms with Crippen LogP contribution < -0.4 is 10.1 Å². The summed E-state index contributed by atoms with van der Waals surface area (Å²) >= 11 is 6.48. The molecule has 5 nitrogen and oxygen atoms in total. The zero-order valence-corrected chi connectivity index (χ0v) is 22.9. The number of rotatable bonds is 12. The zero-order chi connectivity index (χ0) is 26.8. The number of halogens is 1. The Kier molecular flexibility index (Phi) is 10.6. The maximum Gasteiger partial charge on any atom is 0.261 e. The quantitative estimate of drug-likeness (QED) is 0.301. The van der Waals surface area contributed by atoms with Crippen LogP contribution in [-0.4, -0.2) is 35.4 Å². The summed E-state index contributed by atoms with van der Waals surface area (Å²) < 4.78 is 6.04. The Morgan fingerprint density at radius 1 is 0.919 bits per heavy atom. The van der Waals surface area contributed by atoms with Gasteiger partial charge < -0.3 is 15.0 Å². The fourth-order valence-corrected chi connectivity index (χ4v) is 4.31. The van der Waals surface area contributed by atoms with E-state index in [2.05, 4.69) is 19.2 Å². The lowest BCUT2D eigenvalue weighted by Crippen LogP contribution is -2.53. The lowest BCUT2D eigenvalue weighted by atomic mass is 10.0. The van der Waals surface area contributed by atoms with Crippen molar-refractivity contribution >= 4 is 23.4 Å². The monoisotopic (exact) mass is 520 g/mol.